The molecule has 4 heteroatoms. The molecule has 18 heavy (non-hydrogen) atoms. The fourth-order valence-corrected chi connectivity index (χ4v) is 1.53. The van der Waals surface area contributed by atoms with Gasteiger partial charge in [0.1, 0.15) is 5.82 Å². The first-order chi connectivity index (χ1) is 8.46. The number of hydrogen-bond donors (Lipinski definition) is 1. The van der Waals surface area contributed by atoms with Gasteiger partial charge in [-0.3, -0.25) is 4.79 Å². The first-order valence-electron chi connectivity index (χ1n) is 5.98. The summed E-state index contributed by atoms with van der Waals surface area (Å²) in [5, 5.41) is 2.75. The van der Waals surface area contributed by atoms with Gasteiger partial charge in [0.15, 0.2) is 0 Å². The Morgan fingerprint density at radius 2 is 2.06 bits per heavy atom. The van der Waals surface area contributed by atoms with Crippen molar-refractivity contribution in [1.82, 2.24) is 5.32 Å². The number of amides is 1. The van der Waals surface area contributed by atoms with Crippen molar-refractivity contribution in [1.29, 1.82) is 0 Å². The number of methoxy groups -OCH3 is 1. The van der Waals surface area contributed by atoms with Crippen molar-refractivity contribution in [3.05, 3.63) is 35.6 Å². The Balaban J connectivity index is 2.54. The van der Waals surface area contributed by atoms with E-state index < -0.39 is 5.82 Å². The van der Waals surface area contributed by atoms with Crippen LogP contribution in [0.5, 0.6) is 0 Å². The van der Waals surface area contributed by atoms with E-state index in [9.17, 15) is 9.18 Å². The minimum absolute atomic E-state index is 0.0725. The van der Waals surface area contributed by atoms with Gasteiger partial charge in [0.25, 0.3) is 5.91 Å². The Kier molecular flexibility index (Phi) is 5.28. The molecular formula is C14H20FNO2. The first kappa shape index (κ1) is 14.6. The third kappa shape index (κ3) is 4.45. The lowest BCUT2D eigenvalue weighted by molar-refractivity contribution is 0.0917. The second-order valence-electron chi connectivity index (χ2n) is 5.07. The second-order valence-corrected chi connectivity index (χ2v) is 5.07. The predicted molar refractivity (Wildman–Crippen MR) is 69.0 cm³/mol. The third-order valence-electron chi connectivity index (χ3n) is 2.83. The van der Waals surface area contributed by atoms with Gasteiger partial charge in [0, 0.05) is 20.3 Å². The Bertz CT molecular complexity index is 405. The summed E-state index contributed by atoms with van der Waals surface area (Å²) in [5.41, 5.74) is 0.0109. The highest BCUT2D eigenvalue weighted by atomic mass is 19.1. The average molecular weight is 253 g/mol. The van der Waals surface area contributed by atoms with Crippen molar-refractivity contribution in [2.75, 3.05) is 20.3 Å². The van der Waals surface area contributed by atoms with Crippen molar-refractivity contribution >= 4 is 5.91 Å². The molecule has 1 aromatic carbocycles. The Hall–Kier alpha value is -1.42. The lowest BCUT2D eigenvalue weighted by Gasteiger charge is -2.24. The van der Waals surface area contributed by atoms with Gasteiger partial charge in [-0.25, -0.2) is 4.39 Å². The SMILES string of the molecule is COCCC(C)(C)CNC(=O)c1ccccc1F. The van der Waals surface area contributed by atoms with Crippen LogP contribution in [-0.2, 0) is 4.74 Å². The summed E-state index contributed by atoms with van der Waals surface area (Å²) in [7, 11) is 1.65. The third-order valence-corrected chi connectivity index (χ3v) is 2.83. The predicted octanol–water partition coefficient (Wildman–Crippen LogP) is 2.62. The van der Waals surface area contributed by atoms with E-state index in [1.807, 2.05) is 13.8 Å². The zero-order valence-corrected chi connectivity index (χ0v) is 11.1. The maximum absolute atomic E-state index is 13.4. The molecule has 1 N–H and O–H groups in total. The van der Waals surface area contributed by atoms with Crippen LogP contribution in [0.3, 0.4) is 0 Å². The van der Waals surface area contributed by atoms with Crippen LogP contribution < -0.4 is 5.32 Å². The molecule has 1 amide bonds. The number of rotatable bonds is 6. The Morgan fingerprint density at radius 3 is 2.67 bits per heavy atom. The van der Waals surface area contributed by atoms with E-state index in [0.717, 1.165) is 6.42 Å². The molecule has 0 bridgehead atoms. The molecule has 0 unspecified atom stereocenters. The van der Waals surface area contributed by atoms with Gasteiger partial charge in [-0.1, -0.05) is 26.0 Å². The average Bonchev–Trinajstić information content (AvgIpc) is 2.34. The zero-order valence-electron chi connectivity index (χ0n) is 11.1. The van der Waals surface area contributed by atoms with E-state index in [4.69, 9.17) is 4.74 Å². The number of nitrogens with one attached hydrogen (secondary N) is 1. The number of benzene rings is 1. The second kappa shape index (κ2) is 6.50. The maximum atomic E-state index is 13.4. The minimum atomic E-state index is -0.496. The summed E-state index contributed by atoms with van der Waals surface area (Å²) in [4.78, 5) is 11.8. The molecule has 0 saturated carbocycles. The summed E-state index contributed by atoms with van der Waals surface area (Å²) in [5.74, 6) is -0.872. The molecule has 1 aromatic rings. The van der Waals surface area contributed by atoms with Crippen LogP contribution in [0.15, 0.2) is 24.3 Å². The van der Waals surface area contributed by atoms with Gasteiger partial charge in [-0.2, -0.15) is 0 Å². The van der Waals surface area contributed by atoms with E-state index >= 15 is 0 Å². The van der Waals surface area contributed by atoms with Crippen LogP contribution in [-0.4, -0.2) is 26.2 Å². The molecule has 0 aliphatic carbocycles. The molecule has 0 fully saturated rings. The molecule has 0 aromatic heterocycles. The van der Waals surface area contributed by atoms with Gasteiger partial charge >= 0.3 is 0 Å². The fourth-order valence-electron chi connectivity index (χ4n) is 1.53. The first-order valence-corrected chi connectivity index (χ1v) is 5.98. The van der Waals surface area contributed by atoms with Crippen LogP contribution in [0.25, 0.3) is 0 Å². The lowest BCUT2D eigenvalue weighted by Crippen LogP contribution is -2.35. The molecule has 1 rings (SSSR count). The highest BCUT2D eigenvalue weighted by Gasteiger charge is 2.19. The van der Waals surface area contributed by atoms with Crippen molar-refractivity contribution in [3.63, 3.8) is 0 Å². The van der Waals surface area contributed by atoms with Crippen LogP contribution in [0.4, 0.5) is 4.39 Å². The number of carbonyl (C=O) groups excluding carboxylic acids is 1. The number of ether oxygens (including phenoxy) is 1. The number of carbonyl (C=O) groups is 1. The van der Waals surface area contributed by atoms with E-state index in [2.05, 4.69) is 5.32 Å². The van der Waals surface area contributed by atoms with Gasteiger partial charge in [0.05, 0.1) is 5.56 Å². The largest absolute Gasteiger partial charge is 0.385 e. The highest BCUT2D eigenvalue weighted by molar-refractivity contribution is 5.94. The summed E-state index contributed by atoms with van der Waals surface area (Å²) < 4.78 is 18.4. The molecule has 3 nitrogen and oxygen atoms in total. The molecule has 0 spiro atoms. The van der Waals surface area contributed by atoms with Crippen LogP contribution in [0.1, 0.15) is 30.6 Å². The smallest absolute Gasteiger partial charge is 0.254 e. The topological polar surface area (TPSA) is 38.3 Å². The van der Waals surface area contributed by atoms with E-state index in [-0.39, 0.29) is 16.9 Å². The molecule has 0 heterocycles. The molecule has 0 atom stereocenters. The van der Waals surface area contributed by atoms with Crippen LogP contribution >= 0.6 is 0 Å². The minimum Gasteiger partial charge on any atom is -0.385 e. The van der Waals surface area contributed by atoms with Gasteiger partial charge in [-0.05, 0) is 24.0 Å². The van der Waals surface area contributed by atoms with Crippen molar-refractivity contribution < 1.29 is 13.9 Å². The van der Waals surface area contributed by atoms with Crippen molar-refractivity contribution in [2.24, 2.45) is 5.41 Å². The molecular weight excluding hydrogens is 233 g/mol. The number of halogens is 1. The molecule has 0 saturated heterocycles. The number of hydrogen-bond acceptors (Lipinski definition) is 2. The van der Waals surface area contributed by atoms with Crippen molar-refractivity contribution in [3.8, 4) is 0 Å². The maximum Gasteiger partial charge on any atom is 0.254 e. The van der Waals surface area contributed by atoms with Crippen molar-refractivity contribution in [2.45, 2.75) is 20.3 Å². The Labute approximate surface area is 107 Å². The summed E-state index contributed by atoms with van der Waals surface area (Å²) >= 11 is 0. The van der Waals surface area contributed by atoms with E-state index in [1.165, 1.54) is 12.1 Å². The van der Waals surface area contributed by atoms with Crippen LogP contribution in [0.2, 0.25) is 0 Å². The molecule has 100 valence electrons. The normalized spacial score (nSPS) is 11.3. The van der Waals surface area contributed by atoms with E-state index in [1.54, 1.807) is 19.2 Å². The summed E-state index contributed by atoms with van der Waals surface area (Å²) in [6.07, 6.45) is 0.834. The summed E-state index contributed by atoms with van der Waals surface area (Å²) in [6.45, 7) is 5.20. The molecule has 0 aliphatic heterocycles. The van der Waals surface area contributed by atoms with Crippen LogP contribution in [0, 0.1) is 11.2 Å². The zero-order chi connectivity index (χ0) is 13.6. The fraction of sp³-hybridized carbons (Fsp3) is 0.500. The quantitative estimate of drug-likeness (QED) is 0.846. The molecule has 0 aliphatic rings. The monoisotopic (exact) mass is 253 g/mol. The Morgan fingerprint density at radius 1 is 1.39 bits per heavy atom. The highest BCUT2D eigenvalue weighted by Crippen LogP contribution is 2.19. The standard InChI is InChI=1S/C14H20FNO2/c1-14(2,8-9-18-3)10-16-13(17)11-6-4-5-7-12(11)15/h4-7H,8-10H2,1-3H3,(H,16,17). The van der Waals surface area contributed by atoms with Gasteiger partial charge in [-0.15, -0.1) is 0 Å². The molecule has 0 radical (unpaired) electrons. The lowest BCUT2D eigenvalue weighted by atomic mass is 9.89. The van der Waals surface area contributed by atoms with E-state index in [0.29, 0.717) is 13.2 Å². The van der Waals surface area contributed by atoms with Gasteiger partial charge < -0.3 is 10.1 Å². The summed E-state index contributed by atoms with van der Waals surface area (Å²) in [6, 6.07) is 5.97. The van der Waals surface area contributed by atoms with Gasteiger partial charge in [0.2, 0.25) is 0 Å².